The van der Waals surface area contributed by atoms with E-state index in [0.29, 0.717) is 6.42 Å². The Morgan fingerprint density at radius 3 is 2.27 bits per heavy atom. The van der Waals surface area contributed by atoms with Crippen molar-refractivity contribution in [2.75, 3.05) is 13.1 Å². The van der Waals surface area contributed by atoms with E-state index in [9.17, 15) is 22.9 Å². The summed E-state index contributed by atoms with van der Waals surface area (Å²) in [5, 5.41) is 10.7. The third-order valence-corrected chi connectivity index (χ3v) is 6.48. The second-order valence-electron chi connectivity index (χ2n) is 6.22. The molecule has 2 N–H and O–H groups in total. The first-order valence-corrected chi connectivity index (χ1v) is 9.48. The van der Waals surface area contributed by atoms with Crippen LogP contribution in [0, 0.1) is 15.9 Å². The fourth-order valence-electron chi connectivity index (χ4n) is 3.18. The van der Waals surface area contributed by atoms with Crippen LogP contribution >= 0.6 is 0 Å². The van der Waals surface area contributed by atoms with Crippen LogP contribution in [-0.4, -0.2) is 36.8 Å². The molecule has 2 atom stereocenters. The number of hydrogen-bond donors (Lipinski definition) is 1. The van der Waals surface area contributed by atoms with Crippen molar-refractivity contribution in [3.63, 3.8) is 0 Å². The van der Waals surface area contributed by atoms with Crippen LogP contribution in [0.5, 0.6) is 0 Å². The maximum absolute atomic E-state index is 13.1. The third kappa shape index (κ3) is 3.59. The Bertz CT molecular complexity index is 901. The molecule has 0 spiro atoms. The first-order valence-electron chi connectivity index (χ1n) is 8.04. The number of nitrogens with two attached hydrogens (primary N) is 1. The van der Waals surface area contributed by atoms with Gasteiger partial charge in [0, 0.05) is 37.2 Å². The summed E-state index contributed by atoms with van der Waals surface area (Å²) in [5.74, 6) is -0.389. The van der Waals surface area contributed by atoms with Gasteiger partial charge in [-0.25, -0.2) is 12.8 Å². The van der Waals surface area contributed by atoms with Crippen LogP contribution < -0.4 is 5.73 Å². The molecule has 1 aliphatic rings. The van der Waals surface area contributed by atoms with Gasteiger partial charge in [-0.15, -0.1) is 0 Å². The van der Waals surface area contributed by atoms with Gasteiger partial charge in [0.2, 0.25) is 10.0 Å². The minimum Gasteiger partial charge on any atom is -0.326 e. The van der Waals surface area contributed by atoms with Gasteiger partial charge in [0.1, 0.15) is 5.82 Å². The second-order valence-corrected chi connectivity index (χ2v) is 8.16. The van der Waals surface area contributed by atoms with E-state index in [1.54, 1.807) is 12.1 Å². The summed E-state index contributed by atoms with van der Waals surface area (Å²) in [7, 11) is -3.78. The van der Waals surface area contributed by atoms with Gasteiger partial charge in [-0.05, 0) is 36.2 Å². The molecule has 138 valence electrons. The van der Waals surface area contributed by atoms with E-state index in [1.807, 2.05) is 0 Å². The molecule has 0 bridgehead atoms. The first-order chi connectivity index (χ1) is 12.3. The highest BCUT2D eigenvalue weighted by Gasteiger charge is 2.34. The number of nitro groups is 1. The summed E-state index contributed by atoms with van der Waals surface area (Å²) < 4.78 is 39.9. The molecule has 1 saturated heterocycles. The van der Waals surface area contributed by atoms with Crippen LogP contribution in [0.25, 0.3) is 0 Å². The summed E-state index contributed by atoms with van der Waals surface area (Å²) in [6, 6.07) is 10.4. The predicted molar refractivity (Wildman–Crippen MR) is 93.6 cm³/mol. The molecule has 3 rings (SSSR count). The lowest BCUT2D eigenvalue weighted by Crippen LogP contribution is -2.49. The number of benzene rings is 2. The first kappa shape index (κ1) is 18.4. The van der Waals surface area contributed by atoms with Gasteiger partial charge in [0.15, 0.2) is 0 Å². The normalized spacial score (nSPS) is 21.5. The fraction of sp³-hybridized carbons (Fsp3) is 0.294. The zero-order valence-electron chi connectivity index (χ0n) is 13.8. The maximum Gasteiger partial charge on any atom is 0.269 e. The van der Waals surface area contributed by atoms with Crippen LogP contribution in [0.15, 0.2) is 53.4 Å². The number of halogens is 1. The van der Waals surface area contributed by atoms with Crippen molar-refractivity contribution in [3.05, 3.63) is 70.0 Å². The molecule has 26 heavy (non-hydrogen) atoms. The minimum atomic E-state index is -3.78. The minimum absolute atomic E-state index is 0.00414. The van der Waals surface area contributed by atoms with Crippen LogP contribution in [0.1, 0.15) is 17.9 Å². The topological polar surface area (TPSA) is 107 Å². The third-order valence-electron chi connectivity index (χ3n) is 4.60. The molecule has 2 aromatic carbocycles. The van der Waals surface area contributed by atoms with E-state index in [1.165, 1.54) is 28.6 Å². The Morgan fingerprint density at radius 2 is 1.73 bits per heavy atom. The number of non-ortho nitro benzene ring substituents is 1. The van der Waals surface area contributed by atoms with E-state index in [2.05, 4.69) is 0 Å². The Balaban J connectivity index is 1.76. The lowest BCUT2D eigenvalue weighted by atomic mass is 9.86. The Hall–Kier alpha value is -2.36. The van der Waals surface area contributed by atoms with Crippen molar-refractivity contribution < 1.29 is 17.7 Å². The molecular weight excluding hydrogens is 361 g/mol. The molecule has 0 amide bonds. The summed E-state index contributed by atoms with van der Waals surface area (Å²) in [4.78, 5) is 10.1. The van der Waals surface area contributed by atoms with Crippen molar-refractivity contribution in [2.45, 2.75) is 23.3 Å². The summed E-state index contributed by atoms with van der Waals surface area (Å²) in [6.07, 6.45) is 0.513. The maximum atomic E-state index is 13.1. The Labute approximate surface area is 150 Å². The predicted octanol–water partition coefficient (Wildman–Crippen LogP) is 2.24. The van der Waals surface area contributed by atoms with Crippen molar-refractivity contribution in [2.24, 2.45) is 5.73 Å². The van der Waals surface area contributed by atoms with Crippen molar-refractivity contribution in [1.29, 1.82) is 0 Å². The van der Waals surface area contributed by atoms with Crippen LogP contribution in [0.3, 0.4) is 0 Å². The van der Waals surface area contributed by atoms with Gasteiger partial charge in [-0.2, -0.15) is 4.31 Å². The summed E-state index contributed by atoms with van der Waals surface area (Å²) >= 11 is 0. The number of nitro benzene ring substituents is 1. The highest BCUT2D eigenvalue weighted by Crippen LogP contribution is 2.30. The Morgan fingerprint density at radius 1 is 1.12 bits per heavy atom. The van der Waals surface area contributed by atoms with Gasteiger partial charge >= 0.3 is 0 Å². The zero-order valence-corrected chi connectivity index (χ0v) is 14.6. The molecule has 0 radical (unpaired) electrons. The molecule has 0 aromatic heterocycles. The smallest absolute Gasteiger partial charge is 0.269 e. The average Bonchev–Trinajstić information content (AvgIpc) is 2.62. The van der Waals surface area contributed by atoms with Gasteiger partial charge in [-0.3, -0.25) is 10.1 Å². The second kappa shape index (κ2) is 7.10. The van der Waals surface area contributed by atoms with Gasteiger partial charge in [0.05, 0.1) is 9.82 Å². The lowest BCUT2D eigenvalue weighted by Gasteiger charge is -2.36. The number of rotatable bonds is 4. The summed E-state index contributed by atoms with van der Waals surface area (Å²) in [5.41, 5.74) is 6.90. The summed E-state index contributed by atoms with van der Waals surface area (Å²) in [6.45, 7) is 0.399. The molecule has 1 heterocycles. The SMILES string of the molecule is N[C@@H]1CN(S(=O)(=O)c2ccc([N+](=O)[O-])cc2)CC[C@H]1c1ccc(F)cc1. The fourth-order valence-corrected chi connectivity index (χ4v) is 4.67. The Kier molecular flexibility index (Phi) is 5.03. The highest BCUT2D eigenvalue weighted by molar-refractivity contribution is 7.89. The van der Waals surface area contributed by atoms with E-state index in [-0.39, 0.29) is 35.4 Å². The largest absolute Gasteiger partial charge is 0.326 e. The molecule has 0 aliphatic carbocycles. The quantitative estimate of drug-likeness (QED) is 0.648. The standard InChI is InChI=1S/C17H18FN3O4S/c18-13-3-1-12(2-4-13)16-9-10-20(11-17(16)19)26(24,25)15-7-5-14(6-8-15)21(22)23/h1-8,16-17H,9-11,19H2/t16-,17+/m0/s1. The lowest BCUT2D eigenvalue weighted by molar-refractivity contribution is -0.384. The number of piperidine rings is 1. The van der Waals surface area contributed by atoms with E-state index >= 15 is 0 Å². The molecular formula is C17H18FN3O4S. The molecule has 0 unspecified atom stereocenters. The van der Waals surface area contributed by atoms with E-state index in [4.69, 9.17) is 5.73 Å². The van der Waals surface area contributed by atoms with E-state index in [0.717, 1.165) is 17.7 Å². The number of sulfonamides is 1. The number of nitrogens with zero attached hydrogens (tertiary/aromatic N) is 2. The zero-order chi connectivity index (χ0) is 18.9. The molecule has 0 saturated carbocycles. The molecule has 1 aliphatic heterocycles. The molecule has 9 heteroatoms. The van der Waals surface area contributed by atoms with Crippen molar-refractivity contribution in [1.82, 2.24) is 4.31 Å². The van der Waals surface area contributed by atoms with Gasteiger partial charge < -0.3 is 5.73 Å². The van der Waals surface area contributed by atoms with Crippen LogP contribution in [0.2, 0.25) is 0 Å². The van der Waals surface area contributed by atoms with Crippen molar-refractivity contribution >= 4 is 15.7 Å². The van der Waals surface area contributed by atoms with Crippen molar-refractivity contribution in [3.8, 4) is 0 Å². The monoisotopic (exact) mass is 379 g/mol. The highest BCUT2D eigenvalue weighted by atomic mass is 32.2. The molecule has 2 aromatic rings. The van der Waals surface area contributed by atoms with Gasteiger partial charge in [0.25, 0.3) is 5.69 Å². The molecule has 7 nitrogen and oxygen atoms in total. The van der Waals surface area contributed by atoms with Crippen LogP contribution in [0.4, 0.5) is 10.1 Å². The van der Waals surface area contributed by atoms with Gasteiger partial charge in [-0.1, -0.05) is 12.1 Å². The van der Waals surface area contributed by atoms with Crippen LogP contribution in [-0.2, 0) is 10.0 Å². The number of hydrogen-bond acceptors (Lipinski definition) is 5. The molecule has 1 fully saturated rings. The van der Waals surface area contributed by atoms with E-state index < -0.39 is 21.0 Å². The average molecular weight is 379 g/mol.